The van der Waals surface area contributed by atoms with Gasteiger partial charge in [-0.15, -0.1) is 0 Å². The molecule has 0 saturated heterocycles. The van der Waals surface area contributed by atoms with Crippen molar-refractivity contribution in [3.05, 3.63) is 59.4 Å². The number of pyridine rings is 1. The average Bonchev–Trinajstić information content (AvgIpc) is 2.39. The van der Waals surface area contributed by atoms with Crippen LogP contribution in [-0.2, 0) is 6.42 Å². The number of hydrogen-bond acceptors (Lipinski definition) is 3. The summed E-state index contributed by atoms with van der Waals surface area (Å²) >= 11 is 0. The Morgan fingerprint density at radius 1 is 1.32 bits per heavy atom. The van der Waals surface area contributed by atoms with Crippen LogP contribution >= 0.6 is 0 Å². The van der Waals surface area contributed by atoms with Crippen LogP contribution in [0.1, 0.15) is 17.2 Å². The zero-order valence-corrected chi connectivity index (χ0v) is 10.5. The van der Waals surface area contributed by atoms with Crippen LogP contribution in [0.3, 0.4) is 0 Å². The number of nitrogens with zero attached hydrogens (tertiary/aromatic N) is 1. The van der Waals surface area contributed by atoms with Crippen molar-refractivity contribution >= 4 is 5.69 Å². The first-order valence-corrected chi connectivity index (χ1v) is 5.92. The Hall–Kier alpha value is -2.01. The first-order valence-electron chi connectivity index (χ1n) is 5.92. The average molecular weight is 263 g/mol. The molecule has 0 aliphatic rings. The molecule has 0 spiro atoms. The number of halogens is 2. The molecule has 5 heteroatoms. The maximum atomic E-state index is 13.8. The van der Waals surface area contributed by atoms with E-state index in [1.807, 2.05) is 0 Å². The maximum Gasteiger partial charge on any atom is 0.130 e. The van der Waals surface area contributed by atoms with Gasteiger partial charge in [-0.25, -0.2) is 8.78 Å². The van der Waals surface area contributed by atoms with Gasteiger partial charge in [-0.2, -0.15) is 0 Å². The van der Waals surface area contributed by atoms with Gasteiger partial charge < -0.3 is 11.1 Å². The highest BCUT2D eigenvalue weighted by atomic mass is 19.1. The molecule has 1 unspecified atom stereocenters. The molecule has 1 atom stereocenters. The SMILES string of the molecule is CNC(Cc1cnccc1N)c1ccc(F)cc1F. The molecule has 2 aromatic rings. The summed E-state index contributed by atoms with van der Waals surface area (Å²) in [6.07, 6.45) is 3.74. The summed E-state index contributed by atoms with van der Waals surface area (Å²) < 4.78 is 26.7. The molecule has 100 valence electrons. The first-order chi connectivity index (χ1) is 9.11. The van der Waals surface area contributed by atoms with Gasteiger partial charge in [-0.05, 0) is 31.2 Å². The van der Waals surface area contributed by atoms with E-state index in [9.17, 15) is 8.78 Å². The Morgan fingerprint density at radius 3 is 2.74 bits per heavy atom. The van der Waals surface area contributed by atoms with Crippen LogP contribution in [0, 0.1) is 11.6 Å². The number of anilines is 1. The lowest BCUT2D eigenvalue weighted by molar-refractivity contribution is 0.521. The van der Waals surface area contributed by atoms with E-state index in [-0.39, 0.29) is 6.04 Å². The minimum Gasteiger partial charge on any atom is -0.398 e. The largest absolute Gasteiger partial charge is 0.398 e. The number of nitrogen functional groups attached to an aromatic ring is 1. The topological polar surface area (TPSA) is 50.9 Å². The molecule has 1 aromatic carbocycles. The number of nitrogens with one attached hydrogen (secondary N) is 1. The molecule has 3 nitrogen and oxygen atoms in total. The molecule has 1 aromatic heterocycles. The van der Waals surface area contributed by atoms with Crippen molar-refractivity contribution in [2.45, 2.75) is 12.5 Å². The van der Waals surface area contributed by atoms with Gasteiger partial charge in [-0.1, -0.05) is 6.07 Å². The molecular weight excluding hydrogens is 248 g/mol. The van der Waals surface area contributed by atoms with E-state index in [1.165, 1.54) is 12.1 Å². The molecule has 0 saturated carbocycles. The molecule has 19 heavy (non-hydrogen) atoms. The molecule has 0 aliphatic carbocycles. The van der Waals surface area contributed by atoms with Gasteiger partial charge in [0.15, 0.2) is 0 Å². The van der Waals surface area contributed by atoms with Crippen molar-refractivity contribution in [1.82, 2.24) is 10.3 Å². The number of aromatic nitrogens is 1. The third-order valence-corrected chi connectivity index (χ3v) is 3.05. The van der Waals surface area contributed by atoms with E-state index in [0.29, 0.717) is 17.7 Å². The lowest BCUT2D eigenvalue weighted by atomic mass is 9.98. The highest BCUT2D eigenvalue weighted by molar-refractivity contribution is 5.45. The summed E-state index contributed by atoms with van der Waals surface area (Å²) in [4.78, 5) is 4.00. The number of rotatable bonds is 4. The molecule has 0 aliphatic heterocycles. The van der Waals surface area contributed by atoms with Gasteiger partial charge in [0.1, 0.15) is 11.6 Å². The van der Waals surface area contributed by atoms with Crippen molar-refractivity contribution in [2.24, 2.45) is 0 Å². The molecule has 2 rings (SSSR count). The van der Waals surface area contributed by atoms with Crippen molar-refractivity contribution in [3.63, 3.8) is 0 Å². The predicted octanol–water partition coefficient (Wildman–Crippen LogP) is 2.45. The normalized spacial score (nSPS) is 12.4. The highest BCUT2D eigenvalue weighted by Crippen LogP contribution is 2.23. The number of hydrogen-bond donors (Lipinski definition) is 2. The fourth-order valence-electron chi connectivity index (χ4n) is 1.98. The Balaban J connectivity index is 2.28. The third kappa shape index (κ3) is 3.06. The minimum atomic E-state index is -0.586. The predicted molar refractivity (Wildman–Crippen MR) is 70.5 cm³/mol. The van der Waals surface area contributed by atoms with Gasteiger partial charge in [0.25, 0.3) is 0 Å². The summed E-state index contributed by atoms with van der Waals surface area (Å²) in [5, 5.41) is 3.01. The maximum absolute atomic E-state index is 13.8. The van der Waals surface area contributed by atoms with E-state index in [2.05, 4.69) is 10.3 Å². The van der Waals surface area contributed by atoms with Gasteiger partial charge in [0.2, 0.25) is 0 Å². The molecule has 0 amide bonds. The van der Waals surface area contributed by atoms with E-state index < -0.39 is 11.6 Å². The second-order valence-corrected chi connectivity index (χ2v) is 4.29. The minimum absolute atomic E-state index is 0.285. The van der Waals surface area contributed by atoms with Crippen LogP contribution in [0.4, 0.5) is 14.5 Å². The van der Waals surface area contributed by atoms with Crippen LogP contribution in [0.5, 0.6) is 0 Å². The van der Waals surface area contributed by atoms with Crippen molar-refractivity contribution in [3.8, 4) is 0 Å². The second-order valence-electron chi connectivity index (χ2n) is 4.29. The second kappa shape index (κ2) is 5.75. The fraction of sp³-hybridized carbons (Fsp3) is 0.214. The summed E-state index contributed by atoms with van der Waals surface area (Å²) in [6, 6.07) is 4.98. The van der Waals surface area contributed by atoms with E-state index in [1.54, 1.807) is 25.5 Å². The standard InChI is InChI=1S/C14H15F2N3/c1-18-14(6-9-8-19-5-4-13(9)17)11-3-2-10(15)7-12(11)16/h2-5,7-8,14,18H,6H2,1H3,(H2,17,19). The van der Waals surface area contributed by atoms with Crippen LogP contribution in [0.25, 0.3) is 0 Å². The summed E-state index contributed by atoms with van der Waals surface area (Å²) in [5.41, 5.74) is 7.69. The monoisotopic (exact) mass is 263 g/mol. The molecule has 0 radical (unpaired) electrons. The van der Waals surface area contributed by atoms with Gasteiger partial charge in [0.05, 0.1) is 0 Å². The van der Waals surface area contributed by atoms with Crippen molar-refractivity contribution in [2.75, 3.05) is 12.8 Å². The zero-order chi connectivity index (χ0) is 13.8. The molecular formula is C14H15F2N3. The first kappa shape index (κ1) is 13.4. The van der Waals surface area contributed by atoms with Crippen LogP contribution in [0.2, 0.25) is 0 Å². The zero-order valence-electron chi connectivity index (χ0n) is 10.5. The Morgan fingerprint density at radius 2 is 2.11 bits per heavy atom. The highest BCUT2D eigenvalue weighted by Gasteiger charge is 2.16. The third-order valence-electron chi connectivity index (χ3n) is 3.05. The van der Waals surface area contributed by atoms with Gasteiger partial charge in [0, 0.05) is 35.8 Å². The lowest BCUT2D eigenvalue weighted by Gasteiger charge is -2.18. The van der Waals surface area contributed by atoms with Crippen molar-refractivity contribution in [1.29, 1.82) is 0 Å². The molecule has 3 N–H and O–H groups in total. The number of nitrogens with two attached hydrogens (primary N) is 1. The summed E-state index contributed by atoms with van der Waals surface area (Å²) in [7, 11) is 1.72. The van der Waals surface area contributed by atoms with Crippen molar-refractivity contribution < 1.29 is 8.78 Å². The lowest BCUT2D eigenvalue weighted by Crippen LogP contribution is -2.20. The number of benzene rings is 1. The quantitative estimate of drug-likeness (QED) is 0.890. The fourth-order valence-corrected chi connectivity index (χ4v) is 1.98. The smallest absolute Gasteiger partial charge is 0.130 e. The molecule has 0 bridgehead atoms. The van der Waals surface area contributed by atoms with Crippen LogP contribution < -0.4 is 11.1 Å². The van der Waals surface area contributed by atoms with E-state index in [4.69, 9.17) is 5.73 Å². The van der Waals surface area contributed by atoms with E-state index in [0.717, 1.165) is 11.6 Å². The Bertz CT molecular complexity index is 572. The van der Waals surface area contributed by atoms with Crippen LogP contribution in [0.15, 0.2) is 36.7 Å². The van der Waals surface area contributed by atoms with E-state index >= 15 is 0 Å². The molecule has 1 heterocycles. The molecule has 0 fully saturated rings. The van der Waals surface area contributed by atoms with Gasteiger partial charge >= 0.3 is 0 Å². The summed E-state index contributed by atoms with van der Waals surface area (Å²) in [6.45, 7) is 0. The van der Waals surface area contributed by atoms with Crippen LogP contribution in [-0.4, -0.2) is 12.0 Å². The Kier molecular flexibility index (Phi) is 4.06. The number of likely N-dealkylation sites (N-methyl/N-ethyl adjacent to an activating group) is 1. The van der Waals surface area contributed by atoms with Gasteiger partial charge in [-0.3, -0.25) is 4.98 Å². The Labute approximate surface area is 110 Å². The summed E-state index contributed by atoms with van der Waals surface area (Å²) in [5.74, 6) is -1.15.